The van der Waals surface area contributed by atoms with Gasteiger partial charge in [0.25, 0.3) is 0 Å². The number of nitriles is 1. The molecular weight excluding hydrogens is 332 g/mol. The van der Waals surface area contributed by atoms with Crippen LogP contribution in [0.3, 0.4) is 0 Å². The van der Waals surface area contributed by atoms with Crippen LogP contribution < -0.4 is 5.32 Å². The Hall–Kier alpha value is -3.13. The molecule has 0 aromatic heterocycles. The van der Waals surface area contributed by atoms with Gasteiger partial charge in [-0.25, -0.2) is 8.78 Å². The molecule has 0 saturated heterocycles. The van der Waals surface area contributed by atoms with Gasteiger partial charge < -0.3 is 10.2 Å². The molecule has 26 heavy (non-hydrogen) atoms. The molecule has 1 unspecified atom stereocenters. The molecule has 0 aliphatic rings. The van der Waals surface area contributed by atoms with Crippen LogP contribution in [0.15, 0.2) is 55.3 Å². The summed E-state index contributed by atoms with van der Waals surface area (Å²) in [6.07, 6.45) is 0. The van der Waals surface area contributed by atoms with Crippen molar-refractivity contribution in [2.75, 3.05) is 14.1 Å². The van der Waals surface area contributed by atoms with Crippen LogP contribution in [0, 0.1) is 29.9 Å². The molecule has 0 heterocycles. The zero-order valence-corrected chi connectivity index (χ0v) is 15.1. The van der Waals surface area contributed by atoms with Crippen molar-refractivity contribution in [2.24, 2.45) is 0 Å². The largest absolute Gasteiger partial charge is 0.389 e. The standard InChI is InChI=1S/C21H21F2N3/c1-13-6-8-17(19(22)10-13)18-9-7-16(11-20(18)23)15(3)26(5)21(12-24)14(2)25-4/h6-11,21,25H,2-3H2,1,4-5H3. The Labute approximate surface area is 152 Å². The third kappa shape index (κ3) is 3.75. The lowest BCUT2D eigenvalue weighted by atomic mass is 10.00. The van der Waals surface area contributed by atoms with Crippen LogP contribution in [-0.2, 0) is 0 Å². The highest BCUT2D eigenvalue weighted by Gasteiger charge is 2.20. The minimum atomic E-state index is -0.648. The van der Waals surface area contributed by atoms with Crippen molar-refractivity contribution < 1.29 is 8.78 Å². The fourth-order valence-corrected chi connectivity index (χ4v) is 2.65. The van der Waals surface area contributed by atoms with E-state index in [1.807, 2.05) is 0 Å². The number of hydrogen-bond acceptors (Lipinski definition) is 3. The lowest BCUT2D eigenvalue weighted by molar-refractivity contribution is 0.442. The summed E-state index contributed by atoms with van der Waals surface area (Å²) in [4.78, 5) is 1.61. The van der Waals surface area contributed by atoms with Crippen LogP contribution in [-0.4, -0.2) is 25.0 Å². The minimum Gasteiger partial charge on any atom is -0.389 e. The summed E-state index contributed by atoms with van der Waals surface area (Å²) in [6.45, 7) is 9.52. The van der Waals surface area contributed by atoms with Gasteiger partial charge in [-0.2, -0.15) is 5.26 Å². The van der Waals surface area contributed by atoms with Gasteiger partial charge in [0.15, 0.2) is 6.04 Å². The van der Waals surface area contributed by atoms with Gasteiger partial charge in [-0.3, -0.25) is 0 Å². The van der Waals surface area contributed by atoms with E-state index in [0.29, 0.717) is 17.0 Å². The topological polar surface area (TPSA) is 39.1 Å². The summed E-state index contributed by atoms with van der Waals surface area (Å²) in [7, 11) is 3.36. The van der Waals surface area contributed by atoms with Gasteiger partial charge in [0.1, 0.15) is 11.6 Å². The molecule has 1 N–H and O–H groups in total. The maximum atomic E-state index is 14.6. The minimum absolute atomic E-state index is 0.179. The van der Waals surface area contributed by atoms with E-state index in [1.54, 1.807) is 44.1 Å². The number of aryl methyl sites for hydroxylation is 1. The number of nitrogens with one attached hydrogen (secondary N) is 1. The first-order valence-corrected chi connectivity index (χ1v) is 8.04. The van der Waals surface area contributed by atoms with Crippen molar-refractivity contribution in [1.29, 1.82) is 5.26 Å². The Morgan fingerprint density at radius 3 is 2.19 bits per heavy atom. The van der Waals surface area contributed by atoms with Crippen molar-refractivity contribution in [3.63, 3.8) is 0 Å². The van der Waals surface area contributed by atoms with Gasteiger partial charge in [-0.05, 0) is 24.6 Å². The summed E-state index contributed by atoms with van der Waals surface area (Å²) in [5.41, 5.74) is 2.63. The monoisotopic (exact) mass is 353 g/mol. The Morgan fingerprint density at radius 1 is 1.12 bits per heavy atom. The zero-order valence-electron chi connectivity index (χ0n) is 15.1. The highest BCUT2D eigenvalue weighted by atomic mass is 19.1. The number of hydrogen-bond donors (Lipinski definition) is 1. The van der Waals surface area contributed by atoms with Crippen molar-refractivity contribution in [3.05, 3.63) is 78.0 Å². The average Bonchev–Trinajstić information content (AvgIpc) is 2.61. The number of likely N-dealkylation sites (N-methyl/N-ethyl adjacent to an activating group) is 2. The fraction of sp³-hybridized carbons (Fsp3) is 0.190. The van der Waals surface area contributed by atoms with Gasteiger partial charge >= 0.3 is 0 Å². The van der Waals surface area contributed by atoms with Crippen LogP contribution >= 0.6 is 0 Å². The van der Waals surface area contributed by atoms with E-state index in [1.165, 1.54) is 18.2 Å². The highest BCUT2D eigenvalue weighted by Crippen LogP contribution is 2.29. The van der Waals surface area contributed by atoms with Crippen LogP contribution in [0.2, 0.25) is 0 Å². The Morgan fingerprint density at radius 2 is 1.69 bits per heavy atom. The molecule has 3 nitrogen and oxygen atoms in total. The van der Waals surface area contributed by atoms with E-state index in [0.717, 1.165) is 5.56 Å². The Kier molecular flexibility index (Phi) is 5.78. The van der Waals surface area contributed by atoms with E-state index in [2.05, 4.69) is 24.5 Å². The van der Waals surface area contributed by atoms with Crippen LogP contribution in [0.1, 0.15) is 11.1 Å². The van der Waals surface area contributed by atoms with Crippen LogP contribution in [0.25, 0.3) is 16.8 Å². The second-order valence-corrected chi connectivity index (χ2v) is 6.04. The normalized spacial score (nSPS) is 11.4. The molecule has 0 saturated carbocycles. The lowest BCUT2D eigenvalue weighted by Crippen LogP contribution is -2.34. The molecule has 2 aromatic carbocycles. The summed E-state index contributed by atoms with van der Waals surface area (Å²) >= 11 is 0. The molecule has 1 atom stereocenters. The molecule has 0 aliphatic heterocycles. The number of benzene rings is 2. The average molecular weight is 353 g/mol. The highest BCUT2D eigenvalue weighted by molar-refractivity contribution is 5.70. The summed E-state index contributed by atoms with van der Waals surface area (Å²) < 4.78 is 28.8. The predicted octanol–water partition coefficient (Wildman–Crippen LogP) is 4.47. The first kappa shape index (κ1) is 19.2. The fourth-order valence-electron chi connectivity index (χ4n) is 2.65. The molecule has 0 fully saturated rings. The molecule has 2 rings (SSSR count). The third-order valence-electron chi connectivity index (χ3n) is 4.30. The van der Waals surface area contributed by atoms with E-state index in [9.17, 15) is 14.0 Å². The smallest absolute Gasteiger partial charge is 0.156 e. The van der Waals surface area contributed by atoms with Crippen molar-refractivity contribution in [1.82, 2.24) is 10.2 Å². The summed E-state index contributed by atoms with van der Waals surface area (Å²) in [5.74, 6) is -1.02. The van der Waals surface area contributed by atoms with Crippen LogP contribution in [0.5, 0.6) is 0 Å². The van der Waals surface area contributed by atoms with Gasteiger partial charge in [0.2, 0.25) is 0 Å². The first-order valence-electron chi connectivity index (χ1n) is 8.04. The lowest BCUT2D eigenvalue weighted by Gasteiger charge is -2.28. The number of rotatable bonds is 6. The van der Waals surface area contributed by atoms with Gasteiger partial charge in [-0.15, -0.1) is 0 Å². The van der Waals surface area contributed by atoms with E-state index in [4.69, 9.17) is 0 Å². The number of nitrogens with zero attached hydrogens (tertiary/aromatic N) is 2. The van der Waals surface area contributed by atoms with Gasteiger partial charge in [-0.1, -0.05) is 37.4 Å². The SMILES string of the molecule is C=C(NC)C(C#N)N(C)C(=C)c1ccc(-c2ccc(C)cc2F)c(F)c1. The van der Waals surface area contributed by atoms with Crippen molar-refractivity contribution >= 4 is 5.70 Å². The molecule has 5 heteroatoms. The van der Waals surface area contributed by atoms with Crippen LogP contribution in [0.4, 0.5) is 8.78 Å². The van der Waals surface area contributed by atoms with Gasteiger partial charge in [0, 0.05) is 42.2 Å². The molecule has 0 aliphatic carbocycles. The molecule has 0 amide bonds. The maximum absolute atomic E-state index is 14.6. The molecule has 134 valence electrons. The van der Waals surface area contributed by atoms with E-state index >= 15 is 0 Å². The third-order valence-corrected chi connectivity index (χ3v) is 4.30. The Balaban J connectivity index is 2.36. The maximum Gasteiger partial charge on any atom is 0.156 e. The summed E-state index contributed by atoms with van der Waals surface area (Å²) in [6, 6.07) is 10.6. The second kappa shape index (κ2) is 7.83. The van der Waals surface area contributed by atoms with E-state index in [-0.39, 0.29) is 11.1 Å². The molecule has 0 bridgehead atoms. The van der Waals surface area contributed by atoms with Gasteiger partial charge in [0.05, 0.1) is 6.07 Å². The quantitative estimate of drug-likeness (QED) is 0.833. The van der Waals surface area contributed by atoms with E-state index < -0.39 is 17.7 Å². The molecule has 2 aromatic rings. The molecule has 0 spiro atoms. The van der Waals surface area contributed by atoms with Crippen molar-refractivity contribution in [3.8, 4) is 17.2 Å². The predicted molar refractivity (Wildman–Crippen MR) is 101 cm³/mol. The summed E-state index contributed by atoms with van der Waals surface area (Å²) in [5, 5.41) is 12.2. The first-order chi connectivity index (χ1) is 12.3. The Bertz CT molecular complexity index is 897. The molecule has 0 radical (unpaired) electrons. The molecular formula is C21H21F2N3. The number of halogens is 2. The second-order valence-electron chi connectivity index (χ2n) is 6.04. The van der Waals surface area contributed by atoms with Crippen molar-refractivity contribution in [2.45, 2.75) is 13.0 Å². The zero-order chi connectivity index (χ0) is 19.4.